The maximum absolute atomic E-state index is 1.38. The summed E-state index contributed by atoms with van der Waals surface area (Å²) in [7, 11) is 0. The van der Waals surface area contributed by atoms with Crippen LogP contribution in [0.15, 0.2) is 0 Å². The Morgan fingerprint density at radius 3 is 1.38 bits per heavy atom. The first-order chi connectivity index (χ1) is 3.98. The van der Waals surface area contributed by atoms with E-state index in [1.54, 1.807) is 0 Å². The molecule has 0 N–H and O–H groups in total. The van der Waals surface area contributed by atoms with E-state index in [0.717, 1.165) is 10.8 Å². The highest BCUT2D eigenvalue weighted by Crippen LogP contribution is 3.32. The molecule has 2 spiro atoms. The molecule has 38 valence electrons. The minimum absolute atomic E-state index is 1.16. The first-order valence-corrected chi connectivity index (χ1v) is 3.98. The fraction of sp³-hybridized carbons (Fsp3) is 1.00. The zero-order valence-electron chi connectivity index (χ0n) is 4.46. The smallest absolute Gasteiger partial charge is 0.0124 e. The van der Waals surface area contributed by atoms with Crippen molar-refractivity contribution >= 4 is 0 Å². The van der Waals surface area contributed by atoms with Crippen molar-refractivity contribution in [3.05, 3.63) is 0 Å². The van der Waals surface area contributed by atoms with Crippen LogP contribution in [0, 0.1) is 46.3 Å². The summed E-state index contributed by atoms with van der Waals surface area (Å²) in [6.45, 7) is 0. The number of hydrogen-bond donors (Lipinski definition) is 0. The highest BCUT2D eigenvalue weighted by Gasteiger charge is 3.30. The minimum atomic E-state index is 1.16. The molecule has 0 heterocycles. The van der Waals surface area contributed by atoms with Crippen LogP contribution >= 0.6 is 0 Å². The van der Waals surface area contributed by atoms with Gasteiger partial charge in [0.15, 0.2) is 0 Å². The van der Waals surface area contributed by atoms with Gasteiger partial charge in [0, 0.05) is 0 Å². The zero-order chi connectivity index (χ0) is 4.46. The first-order valence-electron chi connectivity index (χ1n) is 3.98. The van der Waals surface area contributed by atoms with Crippen LogP contribution in [-0.2, 0) is 0 Å². The Hall–Kier alpha value is 0. The van der Waals surface area contributed by atoms with E-state index >= 15 is 0 Å². The summed E-state index contributed by atoms with van der Waals surface area (Å²) in [6, 6.07) is 0. The standard InChI is InChI=1S/C8H6/c1-3-2-4(1)8-5(1)7(3,8)6(2)8/h1-6H. The van der Waals surface area contributed by atoms with Crippen LogP contribution < -0.4 is 0 Å². The SMILES string of the molecule is C12C3C4C1C15C2C31C45. The van der Waals surface area contributed by atoms with Gasteiger partial charge in [0.25, 0.3) is 0 Å². The second-order valence-electron chi connectivity index (χ2n) is 5.03. The molecule has 7 aliphatic rings. The third-order valence-corrected chi connectivity index (χ3v) is 6.17. The van der Waals surface area contributed by atoms with Crippen molar-refractivity contribution in [3.63, 3.8) is 0 Å². The lowest BCUT2D eigenvalue weighted by molar-refractivity contribution is -0.365. The molecule has 7 aliphatic carbocycles. The van der Waals surface area contributed by atoms with Gasteiger partial charge in [0.05, 0.1) is 0 Å². The molecule has 0 atom stereocenters. The van der Waals surface area contributed by atoms with Crippen molar-refractivity contribution in [1.82, 2.24) is 0 Å². The van der Waals surface area contributed by atoms with Gasteiger partial charge in [-0.3, -0.25) is 0 Å². The molecule has 0 aromatic carbocycles. The molecule has 0 nitrogen and oxygen atoms in total. The fourth-order valence-electron chi connectivity index (χ4n) is 6.61. The van der Waals surface area contributed by atoms with Crippen LogP contribution in [0.1, 0.15) is 0 Å². The zero-order valence-corrected chi connectivity index (χ0v) is 4.46. The minimum Gasteiger partial charge on any atom is -0.0300 e. The Labute approximate surface area is 47.3 Å². The predicted molar refractivity (Wildman–Crippen MR) is 25.8 cm³/mol. The van der Waals surface area contributed by atoms with Gasteiger partial charge in [-0.05, 0) is 46.3 Å². The summed E-state index contributed by atoms with van der Waals surface area (Å²) in [5, 5.41) is 0. The molecule has 0 aromatic heterocycles. The Morgan fingerprint density at radius 2 is 1.25 bits per heavy atom. The average molecular weight is 102 g/mol. The summed E-state index contributed by atoms with van der Waals surface area (Å²) in [5.41, 5.74) is 2.32. The van der Waals surface area contributed by atoms with Crippen LogP contribution in [0.4, 0.5) is 0 Å². The van der Waals surface area contributed by atoms with Crippen LogP contribution in [0.2, 0.25) is 0 Å². The van der Waals surface area contributed by atoms with E-state index in [0.29, 0.717) is 0 Å². The van der Waals surface area contributed by atoms with Crippen LogP contribution in [0.3, 0.4) is 0 Å². The molecular weight excluding hydrogens is 96.1 g/mol. The molecular formula is C8H6. The lowest BCUT2D eigenvalue weighted by Crippen LogP contribution is -2.80. The third kappa shape index (κ3) is 0.0355. The van der Waals surface area contributed by atoms with Gasteiger partial charge in [-0.1, -0.05) is 0 Å². The Balaban J connectivity index is 2.17. The van der Waals surface area contributed by atoms with E-state index < -0.39 is 0 Å². The number of rotatable bonds is 0. The lowest BCUT2D eigenvalue weighted by atomic mass is 9.21. The Kier molecular flexibility index (Phi) is 0.0812. The second-order valence-corrected chi connectivity index (χ2v) is 5.03. The van der Waals surface area contributed by atoms with Gasteiger partial charge in [-0.2, -0.15) is 0 Å². The summed E-state index contributed by atoms with van der Waals surface area (Å²) in [6.07, 6.45) is 0. The molecule has 7 rings (SSSR count). The van der Waals surface area contributed by atoms with Gasteiger partial charge in [-0.15, -0.1) is 0 Å². The van der Waals surface area contributed by atoms with E-state index in [1.165, 1.54) is 35.5 Å². The van der Waals surface area contributed by atoms with Gasteiger partial charge < -0.3 is 0 Å². The third-order valence-electron chi connectivity index (χ3n) is 6.17. The van der Waals surface area contributed by atoms with Crippen molar-refractivity contribution in [1.29, 1.82) is 0 Å². The quantitative estimate of drug-likeness (QED) is 0.423. The summed E-state index contributed by atoms with van der Waals surface area (Å²) < 4.78 is 0. The van der Waals surface area contributed by atoms with Crippen molar-refractivity contribution in [2.75, 3.05) is 0 Å². The molecule has 0 radical (unpaired) electrons. The highest BCUT2D eigenvalue weighted by atomic mass is 15.3. The average Bonchev–Trinajstić information content (AvgIpc) is 2.41. The topological polar surface area (TPSA) is 0 Å². The van der Waals surface area contributed by atoms with Gasteiger partial charge in [0.2, 0.25) is 0 Å². The maximum atomic E-state index is 1.38. The van der Waals surface area contributed by atoms with Gasteiger partial charge >= 0.3 is 0 Å². The summed E-state index contributed by atoms with van der Waals surface area (Å²) in [4.78, 5) is 0. The molecule has 0 amide bonds. The van der Waals surface area contributed by atoms with Gasteiger partial charge in [0.1, 0.15) is 0 Å². The monoisotopic (exact) mass is 102 g/mol. The molecule has 0 aromatic rings. The van der Waals surface area contributed by atoms with Crippen molar-refractivity contribution in [2.45, 2.75) is 0 Å². The maximum Gasteiger partial charge on any atom is -0.0124 e. The molecule has 0 bridgehead atoms. The summed E-state index contributed by atoms with van der Waals surface area (Å²) >= 11 is 0. The van der Waals surface area contributed by atoms with Crippen molar-refractivity contribution in [3.8, 4) is 0 Å². The van der Waals surface area contributed by atoms with Crippen LogP contribution in [0.5, 0.6) is 0 Å². The number of hydrogen-bond acceptors (Lipinski definition) is 0. The predicted octanol–water partition coefficient (Wildman–Crippen LogP) is 0.738. The molecule has 7 fully saturated rings. The molecule has 0 saturated heterocycles. The fourth-order valence-corrected chi connectivity index (χ4v) is 6.61. The normalized spacial score (nSPS) is 129. The molecule has 0 heteroatoms. The van der Waals surface area contributed by atoms with Crippen molar-refractivity contribution < 1.29 is 0 Å². The largest absolute Gasteiger partial charge is 0.0300 e. The van der Waals surface area contributed by atoms with E-state index in [1.807, 2.05) is 0 Å². The van der Waals surface area contributed by atoms with Crippen molar-refractivity contribution in [2.24, 2.45) is 46.3 Å². The molecule has 8 heavy (non-hydrogen) atoms. The first kappa shape index (κ1) is 2.32. The highest BCUT2D eigenvalue weighted by molar-refractivity contribution is 5.75. The van der Waals surface area contributed by atoms with Gasteiger partial charge in [-0.25, -0.2) is 0 Å². The Bertz CT molecular complexity index is 244. The van der Waals surface area contributed by atoms with E-state index in [2.05, 4.69) is 0 Å². The summed E-state index contributed by atoms with van der Waals surface area (Å²) in [5.74, 6) is 8.18. The van der Waals surface area contributed by atoms with E-state index in [4.69, 9.17) is 0 Å². The molecule has 7 saturated carbocycles. The van der Waals surface area contributed by atoms with E-state index in [-0.39, 0.29) is 0 Å². The second kappa shape index (κ2) is 0.280. The van der Waals surface area contributed by atoms with E-state index in [9.17, 15) is 0 Å². The molecule has 0 unspecified atom stereocenters. The molecule has 0 aliphatic heterocycles. The Morgan fingerprint density at radius 1 is 0.750 bits per heavy atom. The lowest BCUT2D eigenvalue weighted by Gasteiger charge is -2.82. The van der Waals surface area contributed by atoms with Crippen LogP contribution in [0.25, 0.3) is 0 Å². The van der Waals surface area contributed by atoms with Crippen LogP contribution in [-0.4, -0.2) is 0 Å².